The van der Waals surface area contributed by atoms with Crippen molar-refractivity contribution in [2.24, 2.45) is 0 Å². The molecule has 7 rings (SSSR count). The van der Waals surface area contributed by atoms with Crippen molar-refractivity contribution in [1.29, 1.82) is 0 Å². The van der Waals surface area contributed by atoms with Crippen molar-refractivity contribution in [3.8, 4) is 27.8 Å². The summed E-state index contributed by atoms with van der Waals surface area (Å²) in [7, 11) is -2.44. The van der Waals surface area contributed by atoms with Gasteiger partial charge in [0.1, 0.15) is 0 Å². The minimum atomic E-state index is -2.44. The fourth-order valence-electron chi connectivity index (χ4n) is 9.36. The van der Waals surface area contributed by atoms with Crippen LogP contribution in [0.1, 0.15) is 100 Å². The van der Waals surface area contributed by atoms with Gasteiger partial charge in [-0.2, -0.15) is 0 Å². The molecular weight excluding hydrogens is 910 g/mol. The Hall–Kier alpha value is -4.57. The average molecular weight is 967 g/mol. The second-order valence-corrected chi connectivity index (χ2v) is 20.1. The van der Waals surface area contributed by atoms with E-state index in [0.29, 0.717) is 13.2 Å². The van der Waals surface area contributed by atoms with Crippen LogP contribution in [0, 0.1) is 16.7 Å². The quantitative estimate of drug-likeness (QED) is 0.0390. The van der Waals surface area contributed by atoms with Gasteiger partial charge in [-0.05, 0) is 0 Å². The Morgan fingerprint density at radius 2 is 1.25 bits per heavy atom. The zero-order chi connectivity index (χ0) is 41.1. The molecule has 0 spiro atoms. The van der Waals surface area contributed by atoms with Crippen molar-refractivity contribution < 1.29 is 22.7 Å². The molecule has 3 heteroatoms. The van der Waals surface area contributed by atoms with E-state index in [-0.39, 0.29) is 5.41 Å². The predicted molar refractivity (Wildman–Crippen MR) is 251 cm³/mol. The van der Waals surface area contributed by atoms with E-state index >= 15 is 0 Å². The molecule has 1 aliphatic carbocycles. The third-order valence-corrected chi connectivity index (χ3v) is 17.8. The summed E-state index contributed by atoms with van der Waals surface area (Å²) in [6.45, 7) is 10.1. The molecule has 0 atom stereocenters. The average Bonchev–Trinajstić information content (AvgIpc) is 3.82. The van der Waals surface area contributed by atoms with Gasteiger partial charge in [-0.15, -0.1) is 6.42 Å². The molecule has 0 aromatic heterocycles. The van der Waals surface area contributed by atoms with Gasteiger partial charge in [-0.25, -0.2) is 0 Å². The molecule has 1 nitrogen and oxygen atoms in total. The predicted octanol–water partition coefficient (Wildman–Crippen LogP) is 13.2. The van der Waals surface area contributed by atoms with Gasteiger partial charge in [0.05, 0.1) is 0 Å². The Labute approximate surface area is 364 Å². The summed E-state index contributed by atoms with van der Waals surface area (Å²) in [4.78, 5) is 0. The van der Waals surface area contributed by atoms with Gasteiger partial charge in [0.25, 0.3) is 0 Å². The van der Waals surface area contributed by atoms with E-state index in [0.717, 1.165) is 35.1 Å². The van der Waals surface area contributed by atoms with Crippen molar-refractivity contribution in [3.05, 3.63) is 190 Å². The summed E-state index contributed by atoms with van der Waals surface area (Å²) in [5, 5.41) is 5.11. The molecule has 2 aliphatic rings. The van der Waals surface area contributed by atoms with Gasteiger partial charge in [-0.3, -0.25) is 0 Å². The minimum absolute atomic E-state index is 0.0612. The first kappa shape index (κ1) is 42.5. The first-order chi connectivity index (χ1) is 29.0. The van der Waals surface area contributed by atoms with E-state index in [1.54, 1.807) is 0 Å². The van der Waals surface area contributed by atoms with E-state index in [1.807, 2.05) is 17.9 Å². The zero-order valence-corrected chi connectivity index (χ0v) is 38.3. The molecule has 0 radical (unpaired) electrons. The van der Waals surface area contributed by atoms with Crippen LogP contribution < -0.4 is 15.9 Å². The molecule has 0 unspecified atom stereocenters. The van der Waals surface area contributed by atoms with Crippen molar-refractivity contribution in [1.82, 2.24) is 0 Å². The number of benzene rings is 5. The van der Waals surface area contributed by atoms with Crippen LogP contribution in [-0.2, 0) is 28.1 Å². The number of ether oxygens (including phenoxy) is 1. The Morgan fingerprint density at radius 1 is 0.712 bits per heavy atom. The molecule has 0 N–H and O–H groups in total. The Morgan fingerprint density at radius 3 is 1.75 bits per heavy atom. The number of allylic oxidation sites excluding steroid dienone is 4. The van der Waals surface area contributed by atoms with E-state index in [1.165, 1.54) is 100 Å². The van der Waals surface area contributed by atoms with Gasteiger partial charge >= 0.3 is 315 Å². The number of fused-ring (bicyclic) bond motifs is 3. The van der Waals surface area contributed by atoms with Crippen LogP contribution in [0.15, 0.2) is 168 Å². The number of terminal acetylenes is 1. The molecular formula is C56H57OOsP+. The third kappa shape index (κ3) is 8.84. The molecule has 5 aromatic carbocycles. The van der Waals surface area contributed by atoms with Crippen molar-refractivity contribution in [2.75, 3.05) is 13.2 Å². The number of unbranched alkanes of at least 4 members (excludes halogenated alkanes) is 6. The van der Waals surface area contributed by atoms with Gasteiger partial charge in [-0.1, -0.05) is 45.5 Å². The molecule has 59 heavy (non-hydrogen) atoms. The van der Waals surface area contributed by atoms with Crippen molar-refractivity contribution >= 4 is 29.3 Å². The second-order valence-electron chi connectivity index (χ2n) is 16.1. The Balaban J connectivity index is 1.44. The summed E-state index contributed by atoms with van der Waals surface area (Å²) in [5.41, 5.74) is 11.1. The van der Waals surface area contributed by atoms with Crippen LogP contribution in [-0.4, -0.2) is 13.2 Å². The van der Waals surface area contributed by atoms with E-state index in [2.05, 4.69) is 176 Å². The monoisotopic (exact) mass is 968 g/mol. The van der Waals surface area contributed by atoms with Crippen LogP contribution in [0.4, 0.5) is 0 Å². The SMILES string of the molecule is C#Cc1ccc2c(c1)C(CCCCCC)(CCCCCC)c1cc(/C=C/C(C=C3COCC3=C)=C([C]#[Os])[P+](c3ccccc3)(c3ccccc3)c3ccccc3)ccc1-2. The second kappa shape index (κ2) is 20.1. The fourth-order valence-corrected chi connectivity index (χ4v) is 15.2. The molecule has 1 heterocycles. The number of hydrogen-bond donors (Lipinski definition) is 0. The first-order valence-electron chi connectivity index (χ1n) is 21.6. The molecule has 299 valence electrons. The Bertz CT molecular complexity index is 2310. The summed E-state index contributed by atoms with van der Waals surface area (Å²) in [5.74, 6) is 2.97. The summed E-state index contributed by atoms with van der Waals surface area (Å²) in [6, 6.07) is 47.3. The zero-order valence-electron chi connectivity index (χ0n) is 34.8. The molecule has 0 bridgehead atoms. The normalized spacial score (nSPS) is 15.5. The molecule has 0 amide bonds. The summed E-state index contributed by atoms with van der Waals surface area (Å²) >= 11 is 1.83. The van der Waals surface area contributed by atoms with Crippen LogP contribution in [0.25, 0.3) is 17.2 Å². The molecule has 1 saturated heterocycles. The molecule has 1 fully saturated rings. The van der Waals surface area contributed by atoms with Gasteiger partial charge < -0.3 is 0 Å². The van der Waals surface area contributed by atoms with E-state index < -0.39 is 7.26 Å². The number of rotatable bonds is 17. The summed E-state index contributed by atoms with van der Waals surface area (Å²) in [6.07, 6.45) is 25.3. The van der Waals surface area contributed by atoms with Crippen LogP contribution in [0.3, 0.4) is 0 Å². The molecule has 0 saturated carbocycles. The molecule has 1 aliphatic heterocycles. The van der Waals surface area contributed by atoms with Crippen molar-refractivity contribution in [3.63, 3.8) is 0 Å². The van der Waals surface area contributed by atoms with Crippen LogP contribution in [0.5, 0.6) is 0 Å². The third-order valence-electron chi connectivity index (χ3n) is 12.4. The van der Waals surface area contributed by atoms with Crippen molar-refractivity contribution in [2.45, 2.75) is 83.5 Å². The maximum absolute atomic E-state index is 6.07. The molecule has 5 aromatic rings. The van der Waals surface area contributed by atoms with Gasteiger partial charge in [0.15, 0.2) is 0 Å². The number of hydrogen-bond acceptors (Lipinski definition) is 1. The standard InChI is InChI=1S/C56H57OP.Os/c1-6-9-11-22-36-56(37-23-12-10-7-2)54-38-45(8-3)31-34-52(54)53-35-32-46(39-55(53)56)30-33-47(40-48-42-57-41-43(48)4)44(5)58(49-24-16-13-17-25-49,50-26-18-14-19-27-50)51-28-20-15-21-29-51;/h3,13-21,24-35,38-40H,4,6-7,9-12,22-23,36-37,41-42H2,1-2H3;/q+1;/b33-30+,47-44?,48-40?;. The first-order valence-corrected chi connectivity index (χ1v) is 24.6. The van der Waals surface area contributed by atoms with Gasteiger partial charge in [0, 0.05) is 0 Å². The summed E-state index contributed by atoms with van der Waals surface area (Å²) < 4.78 is 9.85. The fraction of sp³-hybridized carbons (Fsp3) is 0.268. The van der Waals surface area contributed by atoms with Crippen LogP contribution in [0.2, 0.25) is 0 Å². The Kier molecular flexibility index (Phi) is 14.5. The van der Waals surface area contributed by atoms with E-state index in [4.69, 9.17) is 11.2 Å². The maximum atomic E-state index is 6.07. The topological polar surface area (TPSA) is 9.23 Å². The van der Waals surface area contributed by atoms with E-state index in [9.17, 15) is 0 Å². The van der Waals surface area contributed by atoms with Gasteiger partial charge in [0.2, 0.25) is 0 Å². The van der Waals surface area contributed by atoms with Crippen LogP contribution >= 0.6 is 7.26 Å².